The maximum absolute atomic E-state index is 13.4. The van der Waals surface area contributed by atoms with E-state index in [1.807, 2.05) is 24.3 Å². The maximum Gasteiger partial charge on any atom is 0.253 e. The number of thiazole rings is 1. The van der Waals surface area contributed by atoms with Gasteiger partial charge in [-0.05, 0) is 24.3 Å². The topological polar surface area (TPSA) is 74.3 Å². The molecule has 2 aromatic carbocycles. The monoisotopic (exact) mass is 374 g/mol. The second kappa shape index (κ2) is 6.43. The minimum absolute atomic E-state index is 0.00295. The zero-order valence-corrected chi connectivity index (χ0v) is 14.0. The second-order valence-corrected chi connectivity index (χ2v) is 6.71. The SMILES string of the molecule is O=C1C[C@@H](NNc2nc3ccccc3s2)C(=O)N1c1ccc(F)c(F)c1. The van der Waals surface area contributed by atoms with Crippen molar-refractivity contribution in [3.05, 3.63) is 54.1 Å². The zero-order chi connectivity index (χ0) is 18.3. The summed E-state index contributed by atoms with van der Waals surface area (Å²) < 4.78 is 27.4. The first kappa shape index (κ1) is 16.6. The van der Waals surface area contributed by atoms with Gasteiger partial charge < -0.3 is 0 Å². The molecule has 6 nitrogen and oxygen atoms in total. The highest BCUT2D eigenvalue weighted by Gasteiger charge is 2.39. The Morgan fingerprint density at radius 3 is 2.69 bits per heavy atom. The smallest absolute Gasteiger partial charge is 0.253 e. The lowest BCUT2D eigenvalue weighted by Crippen LogP contribution is -2.41. The van der Waals surface area contributed by atoms with E-state index in [2.05, 4.69) is 15.8 Å². The van der Waals surface area contributed by atoms with Gasteiger partial charge in [0.2, 0.25) is 5.91 Å². The molecule has 0 aliphatic carbocycles. The summed E-state index contributed by atoms with van der Waals surface area (Å²) in [6, 6.07) is 9.63. The van der Waals surface area contributed by atoms with Gasteiger partial charge >= 0.3 is 0 Å². The highest BCUT2D eigenvalue weighted by molar-refractivity contribution is 7.22. The summed E-state index contributed by atoms with van der Waals surface area (Å²) in [6.07, 6.45) is -0.101. The third kappa shape index (κ3) is 2.91. The number of amides is 2. The van der Waals surface area contributed by atoms with E-state index in [4.69, 9.17) is 0 Å². The van der Waals surface area contributed by atoms with Crippen LogP contribution < -0.4 is 15.8 Å². The van der Waals surface area contributed by atoms with Gasteiger partial charge in [-0.15, -0.1) is 0 Å². The number of aromatic nitrogens is 1. The van der Waals surface area contributed by atoms with Crippen LogP contribution in [0.2, 0.25) is 0 Å². The number of benzene rings is 2. The summed E-state index contributed by atoms with van der Waals surface area (Å²) in [4.78, 5) is 29.8. The van der Waals surface area contributed by atoms with Crippen molar-refractivity contribution in [3.8, 4) is 0 Å². The molecule has 0 bridgehead atoms. The molecule has 132 valence electrons. The first-order chi connectivity index (χ1) is 12.5. The number of hydrazine groups is 1. The number of fused-ring (bicyclic) bond motifs is 1. The number of hydrogen-bond acceptors (Lipinski definition) is 6. The van der Waals surface area contributed by atoms with Gasteiger partial charge in [0.15, 0.2) is 16.8 Å². The molecule has 9 heteroatoms. The Morgan fingerprint density at radius 2 is 1.92 bits per heavy atom. The summed E-state index contributed by atoms with van der Waals surface area (Å²) in [5.74, 6) is -3.20. The van der Waals surface area contributed by atoms with Crippen LogP contribution >= 0.6 is 11.3 Å². The highest BCUT2D eigenvalue weighted by Crippen LogP contribution is 2.27. The zero-order valence-electron chi connectivity index (χ0n) is 13.2. The average molecular weight is 374 g/mol. The highest BCUT2D eigenvalue weighted by atomic mass is 32.1. The first-order valence-corrected chi connectivity index (χ1v) is 8.53. The number of rotatable bonds is 4. The van der Waals surface area contributed by atoms with Gasteiger partial charge in [0, 0.05) is 6.07 Å². The number of nitrogens with zero attached hydrogens (tertiary/aromatic N) is 2. The van der Waals surface area contributed by atoms with E-state index < -0.39 is 29.5 Å². The van der Waals surface area contributed by atoms with Gasteiger partial charge in [0.25, 0.3) is 5.91 Å². The molecule has 0 unspecified atom stereocenters. The Hall–Kier alpha value is -2.91. The molecule has 1 atom stereocenters. The van der Waals surface area contributed by atoms with Crippen LogP contribution in [0, 0.1) is 11.6 Å². The molecule has 4 rings (SSSR count). The molecular weight excluding hydrogens is 362 g/mol. The minimum Gasteiger partial charge on any atom is -0.296 e. The molecule has 1 aliphatic rings. The van der Waals surface area contributed by atoms with Crippen molar-refractivity contribution in [1.82, 2.24) is 10.4 Å². The normalized spacial score (nSPS) is 17.3. The first-order valence-electron chi connectivity index (χ1n) is 7.72. The number of carbonyl (C=O) groups is 2. The number of imide groups is 1. The van der Waals surface area contributed by atoms with Gasteiger partial charge in [0.05, 0.1) is 22.3 Å². The number of para-hydroxylation sites is 1. The lowest BCUT2D eigenvalue weighted by Gasteiger charge is -2.15. The summed E-state index contributed by atoms with van der Waals surface area (Å²) in [5, 5.41) is 0.553. The van der Waals surface area contributed by atoms with E-state index in [9.17, 15) is 18.4 Å². The van der Waals surface area contributed by atoms with Crippen molar-refractivity contribution in [1.29, 1.82) is 0 Å². The van der Waals surface area contributed by atoms with E-state index in [0.717, 1.165) is 27.2 Å². The Morgan fingerprint density at radius 1 is 1.12 bits per heavy atom. The number of halogens is 2. The van der Waals surface area contributed by atoms with Crippen molar-refractivity contribution in [2.24, 2.45) is 0 Å². The number of carbonyl (C=O) groups excluding carboxylic acids is 2. The minimum atomic E-state index is -1.12. The van der Waals surface area contributed by atoms with Gasteiger partial charge in [-0.3, -0.25) is 15.0 Å². The van der Waals surface area contributed by atoms with E-state index in [-0.39, 0.29) is 12.1 Å². The molecular formula is C17H12F2N4O2S. The summed E-state index contributed by atoms with van der Waals surface area (Å²) in [6.45, 7) is 0. The van der Waals surface area contributed by atoms with Crippen LogP contribution in [0.5, 0.6) is 0 Å². The third-order valence-corrected chi connectivity index (χ3v) is 4.91. The predicted molar refractivity (Wildman–Crippen MR) is 93.6 cm³/mol. The number of nitrogens with one attached hydrogen (secondary N) is 2. The molecule has 0 spiro atoms. The van der Waals surface area contributed by atoms with Crippen LogP contribution in [0.15, 0.2) is 42.5 Å². The van der Waals surface area contributed by atoms with Crippen LogP contribution in [0.25, 0.3) is 10.2 Å². The van der Waals surface area contributed by atoms with Gasteiger partial charge in [0.1, 0.15) is 6.04 Å². The third-order valence-electron chi connectivity index (χ3n) is 3.96. The fraction of sp³-hybridized carbons (Fsp3) is 0.118. The molecule has 3 aromatic rings. The summed E-state index contributed by atoms with van der Waals surface area (Å²) >= 11 is 1.40. The molecule has 0 saturated carbocycles. The number of hydrogen-bond donors (Lipinski definition) is 2. The van der Waals surface area contributed by atoms with Crippen LogP contribution in [0.4, 0.5) is 19.6 Å². The molecule has 2 amide bonds. The Kier molecular flexibility index (Phi) is 4.09. The molecule has 1 aromatic heterocycles. The lowest BCUT2D eigenvalue weighted by atomic mass is 10.2. The lowest BCUT2D eigenvalue weighted by molar-refractivity contribution is -0.121. The van der Waals surface area contributed by atoms with Crippen molar-refractivity contribution in [2.45, 2.75) is 12.5 Å². The van der Waals surface area contributed by atoms with Crippen LogP contribution in [0.3, 0.4) is 0 Å². The summed E-state index contributed by atoms with van der Waals surface area (Å²) in [7, 11) is 0. The molecule has 2 N–H and O–H groups in total. The molecule has 1 fully saturated rings. The Bertz CT molecular complexity index is 990. The van der Waals surface area contributed by atoms with Crippen molar-refractivity contribution < 1.29 is 18.4 Å². The molecule has 2 heterocycles. The van der Waals surface area contributed by atoms with Gasteiger partial charge in [-0.1, -0.05) is 23.5 Å². The standard InChI is InChI=1S/C17H12F2N4O2S/c18-10-6-5-9(7-11(10)19)23-15(24)8-13(16(23)25)21-22-17-20-12-3-1-2-4-14(12)26-17/h1-7,13,21H,8H2,(H,20,22)/t13-/m1/s1. The van der Waals surface area contributed by atoms with E-state index in [0.29, 0.717) is 5.13 Å². The summed E-state index contributed by atoms with van der Waals surface area (Å²) in [5.41, 5.74) is 6.45. The molecule has 0 radical (unpaired) electrons. The largest absolute Gasteiger partial charge is 0.296 e. The molecule has 1 saturated heterocycles. The van der Waals surface area contributed by atoms with E-state index in [1.165, 1.54) is 17.4 Å². The fourth-order valence-electron chi connectivity index (χ4n) is 2.71. The van der Waals surface area contributed by atoms with E-state index in [1.54, 1.807) is 0 Å². The average Bonchev–Trinajstić information content (AvgIpc) is 3.16. The maximum atomic E-state index is 13.4. The van der Waals surface area contributed by atoms with Crippen molar-refractivity contribution >= 4 is 44.2 Å². The van der Waals surface area contributed by atoms with Crippen LogP contribution in [-0.2, 0) is 9.59 Å². The van der Waals surface area contributed by atoms with Crippen molar-refractivity contribution in [3.63, 3.8) is 0 Å². The number of anilines is 2. The van der Waals surface area contributed by atoms with Gasteiger partial charge in [-0.25, -0.2) is 24.1 Å². The van der Waals surface area contributed by atoms with E-state index >= 15 is 0 Å². The van der Waals surface area contributed by atoms with Crippen LogP contribution in [0.1, 0.15) is 6.42 Å². The van der Waals surface area contributed by atoms with Crippen LogP contribution in [-0.4, -0.2) is 22.8 Å². The molecule has 26 heavy (non-hydrogen) atoms. The Balaban J connectivity index is 1.49. The predicted octanol–water partition coefficient (Wildman–Crippen LogP) is 2.82. The molecule has 1 aliphatic heterocycles. The van der Waals surface area contributed by atoms with Gasteiger partial charge in [-0.2, -0.15) is 0 Å². The second-order valence-electron chi connectivity index (χ2n) is 5.68. The fourth-order valence-corrected chi connectivity index (χ4v) is 3.54. The van der Waals surface area contributed by atoms with Crippen molar-refractivity contribution in [2.75, 3.05) is 10.3 Å². The Labute approximate surface area is 150 Å². The quantitative estimate of drug-likeness (QED) is 0.543.